The number of nitrogens with one attached hydrogen (secondary N) is 1. The van der Waals surface area contributed by atoms with E-state index in [-0.39, 0.29) is 40.6 Å². The highest BCUT2D eigenvalue weighted by Crippen LogP contribution is 2.62. The summed E-state index contributed by atoms with van der Waals surface area (Å²) in [7, 11) is -4.22. The average Bonchev–Trinajstić information content (AvgIpc) is 2.62. The predicted octanol–water partition coefficient (Wildman–Crippen LogP) is 6.11. The lowest BCUT2D eigenvalue weighted by Crippen LogP contribution is -2.44. The predicted molar refractivity (Wildman–Crippen MR) is 116 cm³/mol. The van der Waals surface area contributed by atoms with Crippen molar-refractivity contribution >= 4 is 94.9 Å². The topological polar surface area (TPSA) is 94.1 Å². The number of ether oxygens (including phenoxy) is 1. The van der Waals surface area contributed by atoms with Gasteiger partial charge in [-0.1, -0.05) is 64.1 Å². The van der Waals surface area contributed by atoms with E-state index in [1.807, 2.05) is 5.32 Å². The third kappa shape index (κ3) is 8.95. The van der Waals surface area contributed by atoms with Gasteiger partial charge in [0.05, 0.1) is 13.2 Å². The lowest BCUT2D eigenvalue weighted by Gasteiger charge is -2.28. The summed E-state index contributed by atoms with van der Waals surface area (Å²) in [6, 6.07) is 4.10. The molecule has 0 aromatic heterocycles. The molecule has 7 nitrogen and oxygen atoms in total. The largest absolute Gasteiger partial charge is 0.428 e. The molecule has 0 heterocycles. The monoisotopic (exact) mass is 569 g/mol. The summed E-state index contributed by atoms with van der Waals surface area (Å²) < 4.78 is 26.8. The van der Waals surface area contributed by atoms with Crippen LogP contribution in [0.1, 0.15) is 11.4 Å². The summed E-state index contributed by atoms with van der Waals surface area (Å²) in [6.45, 7) is -0.408. The van der Waals surface area contributed by atoms with Crippen molar-refractivity contribution in [2.75, 3.05) is 25.0 Å². The second-order valence-corrected chi connectivity index (χ2v) is 11.1. The number of hydrogen-bond donors (Lipinski definition) is 2. The van der Waals surface area contributed by atoms with Gasteiger partial charge in [-0.05, 0) is 12.1 Å². The minimum atomic E-state index is -4.22. The van der Waals surface area contributed by atoms with E-state index in [1.165, 1.54) is 18.2 Å². The van der Waals surface area contributed by atoms with Gasteiger partial charge in [0.15, 0.2) is 6.23 Å². The molecule has 15 heteroatoms. The molecule has 0 fully saturated rings. The number of benzene rings is 1. The highest BCUT2D eigenvalue weighted by Gasteiger charge is 2.43. The van der Waals surface area contributed by atoms with Gasteiger partial charge in [-0.15, -0.1) is 23.2 Å². The summed E-state index contributed by atoms with van der Waals surface area (Å²) >= 11 is 39.7. The van der Waals surface area contributed by atoms with Crippen molar-refractivity contribution in [2.24, 2.45) is 0 Å². The number of alkyl halides is 5. The Balaban J connectivity index is 3.29. The summed E-state index contributed by atoms with van der Waals surface area (Å²) in [4.78, 5) is 12.2. The lowest BCUT2D eigenvalue weighted by atomic mass is 10.2. The van der Waals surface area contributed by atoms with Gasteiger partial charge in [-0.2, -0.15) is 0 Å². The van der Waals surface area contributed by atoms with Crippen LogP contribution in [0.4, 0.5) is 4.79 Å². The third-order valence-electron chi connectivity index (χ3n) is 3.00. The zero-order chi connectivity index (χ0) is 22.2. The number of alkyl carbamates (subject to hydrolysis) is 1. The number of amides is 1. The Morgan fingerprint density at radius 3 is 2.14 bits per heavy atom. The van der Waals surface area contributed by atoms with Crippen LogP contribution in [0.15, 0.2) is 18.2 Å². The standard InChI is InChI=1S/C14H15Cl7NO6P/c15-3-5-26-29(25,27-6-4-16)11(9-2-1-8(17)7-10(9)18)28-13(24)22-12(23)14(19,20)21/h1-2,7,11-12,23H,3-6H2,(H,22,24)/t11-,12-/m0/s1. The molecule has 1 aromatic carbocycles. The minimum Gasteiger partial charge on any atom is -0.428 e. The van der Waals surface area contributed by atoms with E-state index in [0.717, 1.165) is 0 Å². The SMILES string of the molecule is O=C(N[C@@H](O)C(Cl)(Cl)Cl)O[C@H](c1ccc(Cl)cc1Cl)P(=O)(OCCCl)OCCCl. The second-order valence-electron chi connectivity index (χ2n) is 5.10. The first-order chi connectivity index (χ1) is 13.4. The molecule has 0 aliphatic carbocycles. The fourth-order valence-electron chi connectivity index (χ4n) is 1.83. The molecule has 0 saturated heterocycles. The summed E-state index contributed by atoms with van der Waals surface area (Å²) in [6.07, 6.45) is -3.24. The molecule has 0 bridgehead atoms. The van der Waals surface area contributed by atoms with Gasteiger partial charge in [0.2, 0.25) is 9.64 Å². The van der Waals surface area contributed by atoms with Crippen LogP contribution < -0.4 is 5.32 Å². The Hall–Kier alpha value is 0.630. The second kappa shape index (κ2) is 12.6. The Bertz CT molecular complexity index is 723. The van der Waals surface area contributed by atoms with E-state index in [4.69, 9.17) is 95.0 Å². The van der Waals surface area contributed by atoms with Crippen molar-refractivity contribution < 1.29 is 28.3 Å². The maximum absolute atomic E-state index is 13.4. The van der Waals surface area contributed by atoms with Gasteiger partial charge in [0.1, 0.15) is 0 Å². The number of rotatable bonds is 10. The van der Waals surface area contributed by atoms with Gasteiger partial charge < -0.3 is 18.9 Å². The first kappa shape index (κ1) is 27.7. The Kier molecular flexibility index (Phi) is 12.0. The molecule has 29 heavy (non-hydrogen) atoms. The van der Waals surface area contributed by atoms with E-state index >= 15 is 0 Å². The molecule has 2 atom stereocenters. The Morgan fingerprint density at radius 1 is 1.14 bits per heavy atom. The lowest BCUT2D eigenvalue weighted by molar-refractivity contribution is 0.0770. The van der Waals surface area contributed by atoms with Gasteiger partial charge in [0.25, 0.3) is 0 Å². The van der Waals surface area contributed by atoms with Crippen molar-refractivity contribution in [3.8, 4) is 0 Å². The van der Waals surface area contributed by atoms with Crippen LogP contribution in [-0.4, -0.2) is 46.2 Å². The molecule has 0 aliphatic heterocycles. The highest BCUT2D eigenvalue weighted by molar-refractivity contribution is 7.54. The van der Waals surface area contributed by atoms with Crippen molar-refractivity contribution in [2.45, 2.75) is 15.9 Å². The molecule has 0 aliphatic rings. The highest BCUT2D eigenvalue weighted by atomic mass is 35.6. The normalized spacial score (nSPS) is 14.3. The minimum absolute atomic E-state index is 0.00129. The average molecular weight is 572 g/mol. The van der Waals surface area contributed by atoms with Gasteiger partial charge >= 0.3 is 13.7 Å². The van der Waals surface area contributed by atoms with Crippen LogP contribution in [0.3, 0.4) is 0 Å². The number of aliphatic hydroxyl groups excluding tert-OH is 1. The Morgan fingerprint density at radius 2 is 1.69 bits per heavy atom. The van der Waals surface area contributed by atoms with Crippen LogP contribution in [0, 0.1) is 0 Å². The molecule has 0 spiro atoms. The molecule has 0 saturated carbocycles. The van der Waals surface area contributed by atoms with Crippen LogP contribution in [-0.2, 0) is 18.3 Å². The molecule has 0 unspecified atom stereocenters. The van der Waals surface area contributed by atoms with Crippen LogP contribution >= 0.6 is 88.8 Å². The van der Waals surface area contributed by atoms with Crippen LogP contribution in [0.2, 0.25) is 10.0 Å². The molecule has 0 radical (unpaired) electrons. The summed E-state index contributed by atoms with van der Waals surface area (Å²) in [5.41, 5.74) is 0.0436. The van der Waals surface area contributed by atoms with E-state index in [9.17, 15) is 14.5 Å². The van der Waals surface area contributed by atoms with E-state index < -0.39 is 29.6 Å². The number of carbonyl (C=O) groups excluding carboxylic acids is 1. The first-order valence-corrected chi connectivity index (χ1v) is 12.2. The van der Waals surface area contributed by atoms with Crippen LogP contribution in [0.5, 0.6) is 0 Å². The van der Waals surface area contributed by atoms with E-state index in [1.54, 1.807) is 0 Å². The number of hydrogen-bond acceptors (Lipinski definition) is 6. The quantitative estimate of drug-likeness (QED) is 0.200. The maximum atomic E-state index is 13.4. The van der Waals surface area contributed by atoms with Gasteiger partial charge in [-0.25, -0.2) is 4.79 Å². The first-order valence-electron chi connectivity index (χ1n) is 7.62. The molecule has 166 valence electrons. The van der Waals surface area contributed by atoms with Gasteiger partial charge in [-0.3, -0.25) is 9.88 Å². The van der Waals surface area contributed by atoms with Gasteiger partial charge in [0, 0.05) is 27.4 Å². The van der Waals surface area contributed by atoms with E-state index in [0.29, 0.717) is 0 Å². The zero-order valence-corrected chi connectivity index (χ0v) is 20.5. The summed E-state index contributed by atoms with van der Waals surface area (Å²) in [5, 5.41) is 11.9. The van der Waals surface area contributed by atoms with Crippen molar-refractivity contribution in [3.05, 3.63) is 33.8 Å². The molecule has 1 amide bonds. The number of halogens is 7. The fourth-order valence-corrected chi connectivity index (χ4v) is 4.77. The van der Waals surface area contributed by atoms with E-state index in [2.05, 4.69) is 0 Å². The molecule has 2 N–H and O–H groups in total. The molecule has 1 aromatic rings. The van der Waals surface area contributed by atoms with Crippen molar-refractivity contribution in [3.63, 3.8) is 0 Å². The molecule has 1 rings (SSSR count). The van der Waals surface area contributed by atoms with Crippen molar-refractivity contribution in [1.82, 2.24) is 5.32 Å². The number of carbonyl (C=O) groups is 1. The fraction of sp³-hybridized carbons (Fsp3) is 0.500. The zero-order valence-electron chi connectivity index (χ0n) is 14.3. The Labute approximate surface area is 202 Å². The number of aliphatic hydroxyl groups is 1. The molecular formula is C14H15Cl7NO6P. The van der Waals surface area contributed by atoms with Crippen LogP contribution in [0.25, 0.3) is 0 Å². The van der Waals surface area contributed by atoms with Crippen molar-refractivity contribution in [1.29, 1.82) is 0 Å². The summed E-state index contributed by atoms with van der Waals surface area (Å²) in [5.74, 6) is -1.75. The smallest absolute Gasteiger partial charge is 0.410 e. The third-order valence-corrected chi connectivity index (χ3v) is 6.53. The maximum Gasteiger partial charge on any atom is 0.410 e. The molecular weight excluding hydrogens is 557 g/mol.